The number of amides is 1. The Bertz CT molecular complexity index is 1020. The molecule has 0 saturated carbocycles. The Hall–Kier alpha value is -3.13. The third-order valence-electron chi connectivity index (χ3n) is 3.69. The number of aromatic nitrogens is 2. The first-order valence-electron chi connectivity index (χ1n) is 7.84. The lowest BCUT2D eigenvalue weighted by Crippen LogP contribution is -2.15. The van der Waals surface area contributed by atoms with Gasteiger partial charge in [0.1, 0.15) is 0 Å². The van der Waals surface area contributed by atoms with Crippen molar-refractivity contribution in [2.45, 2.75) is 11.8 Å². The highest BCUT2D eigenvalue weighted by Gasteiger charge is 2.15. The Labute approximate surface area is 151 Å². The largest absolute Gasteiger partial charge is 0.305 e. The maximum absolute atomic E-state index is 12.4. The van der Waals surface area contributed by atoms with Crippen LogP contribution in [0.5, 0.6) is 0 Å². The SMILES string of the molecule is Cc1ccc(NS(=O)(=O)c2ccc(C(=O)Nc3ccn(C)n3)cc2)cc1. The number of nitrogens with one attached hydrogen (secondary N) is 2. The predicted octanol–water partition coefficient (Wildman–Crippen LogP) is 2.78. The Morgan fingerprint density at radius 2 is 1.65 bits per heavy atom. The summed E-state index contributed by atoms with van der Waals surface area (Å²) in [6.45, 7) is 1.92. The second-order valence-corrected chi connectivity index (χ2v) is 7.51. The lowest BCUT2D eigenvalue weighted by atomic mass is 10.2. The molecule has 1 amide bonds. The van der Waals surface area contributed by atoms with E-state index in [0.717, 1.165) is 5.56 Å². The molecule has 0 aliphatic heterocycles. The molecule has 3 aromatic rings. The molecule has 0 unspecified atom stereocenters. The topological polar surface area (TPSA) is 93.1 Å². The van der Waals surface area contributed by atoms with Gasteiger partial charge in [-0.05, 0) is 43.3 Å². The van der Waals surface area contributed by atoms with Crippen molar-refractivity contribution in [3.8, 4) is 0 Å². The average molecular weight is 370 g/mol. The van der Waals surface area contributed by atoms with Crippen LogP contribution in [0.4, 0.5) is 11.5 Å². The number of carbonyl (C=O) groups is 1. The molecule has 3 rings (SSSR count). The summed E-state index contributed by atoms with van der Waals surface area (Å²) in [6.07, 6.45) is 1.71. The van der Waals surface area contributed by atoms with Gasteiger partial charge in [0.25, 0.3) is 15.9 Å². The van der Waals surface area contributed by atoms with Gasteiger partial charge in [-0.2, -0.15) is 5.10 Å². The van der Waals surface area contributed by atoms with Crippen molar-refractivity contribution in [1.29, 1.82) is 0 Å². The van der Waals surface area contributed by atoms with Crippen LogP contribution in [0.25, 0.3) is 0 Å². The van der Waals surface area contributed by atoms with Crippen molar-refractivity contribution in [1.82, 2.24) is 9.78 Å². The average Bonchev–Trinajstić information content (AvgIpc) is 3.02. The summed E-state index contributed by atoms with van der Waals surface area (Å²) in [4.78, 5) is 12.3. The van der Waals surface area contributed by atoms with Crippen molar-refractivity contribution >= 4 is 27.4 Å². The van der Waals surface area contributed by atoms with Crippen LogP contribution in [0.3, 0.4) is 0 Å². The zero-order valence-electron chi connectivity index (χ0n) is 14.3. The summed E-state index contributed by atoms with van der Waals surface area (Å²) < 4.78 is 29.0. The van der Waals surface area contributed by atoms with Gasteiger partial charge in [0.2, 0.25) is 0 Å². The molecular weight excluding hydrogens is 352 g/mol. The minimum atomic E-state index is -3.72. The number of rotatable bonds is 5. The lowest BCUT2D eigenvalue weighted by molar-refractivity contribution is 0.102. The van der Waals surface area contributed by atoms with Crippen LogP contribution >= 0.6 is 0 Å². The van der Waals surface area contributed by atoms with Crippen LogP contribution in [0.1, 0.15) is 15.9 Å². The molecule has 2 N–H and O–H groups in total. The normalized spacial score (nSPS) is 11.2. The standard InChI is InChI=1S/C18H18N4O3S/c1-13-3-7-15(8-4-13)21-26(24,25)16-9-5-14(6-10-16)18(23)19-17-11-12-22(2)20-17/h3-12,21H,1-2H3,(H,19,20,23). The Morgan fingerprint density at radius 1 is 1.00 bits per heavy atom. The summed E-state index contributed by atoms with van der Waals surface area (Å²) in [5.41, 5.74) is 1.86. The molecular formula is C18H18N4O3S. The van der Waals surface area contributed by atoms with E-state index in [4.69, 9.17) is 0 Å². The molecule has 1 heterocycles. The fraction of sp³-hybridized carbons (Fsp3) is 0.111. The van der Waals surface area contributed by atoms with E-state index in [1.54, 1.807) is 36.1 Å². The first-order valence-corrected chi connectivity index (χ1v) is 9.32. The highest BCUT2D eigenvalue weighted by atomic mass is 32.2. The molecule has 2 aromatic carbocycles. The molecule has 0 radical (unpaired) electrons. The molecule has 0 aliphatic rings. The first kappa shape index (κ1) is 17.7. The summed E-state index contributed by atoms with van der Waals surface area (Å²) in [5.74, 6) is 0.0642. The monoisotopic (exact) mass is 370 g/mol. The second kappa shape index (κ2) is 7.01. The number of anilines is 2. The smallest absolute Gasteiger partial charge is 0.261 e. The minimum Gasteiger partial charge on any atom is -0.305 e. The first-order chi connectivity index (χ1) is 12.3. The van der Waals surface area contributed by atoms with E-state index in [9.17, 15) is 13.2 Å². The molecule has 26 heavy (non-hydrogen) atoms. The number of sulfonamides is 1. The van der Waals surface area contributed by atoms with Crippen LogP contribution in [0.15, 0.2) is 65.7 Å². The van der Waals surface area contributed by atoms with E-state index in [1.165, 1.54) is 24.3 Å². The molecule has 1 aromatic heterocycles. The van der Waals surface area contributed by atoms with Crippen LogP contribution in [0, 0.1) is 6.92 Å². The van der Waals surface area contributed by atoms with Crippen molar-refractivity contribution in [2.24, 2.45) is 7.05 Å². The molecule has 0 fully saturated rings. The highest BCUT2D eigenvalue weighted by molar-refractivity contribution is 7.92. The van der Waals surface area contributed by atoms with Gasteiger partial charge in [-0.25, -0.2) is 8.42 Å². The molecule has 0 atom stereocenters. The third-order valence-corrected chi connectivity index (χ3v) is 5.08. The molecule has 0 spiro atoms. The number of benzene rings is 2. The van der Waals surface area contributed by atoms with Gasteiger partial charge in [0.15, 0.2) is 5.82 Å². The highest BCUT2D eigenvalue weighted by Crippen LogP contribution is 2.17. The Morgan fingerprint density at radius 3 is 2.23 bits per heavy atom. The van der Waals surface area contributed by atoms with Crippen LogP contribution in [-0.2, 0) is 17.1 Å². The van der Waals surface area contributed by atoms with Gasteiger partial charge in [-0.1, -0.05) is 17.7 Å². The van der Waals surface area contributed by atoms with E-state index >= 15 is 0 Å². The maximum Gasteiger partial charge on any atom is 0.261 e. The minimum absolute atomic E-state index is 0.0764. The Kier molecular flexibility index (Phi) is 4.77. The van der Waals surface area contributed by atoms with Gasteiger partial charge < -0.3 is 5.32 Å². The van der Waals surface area contributed by atoms with Gasteiger partial charge in [-0.15, -0.1) is 0 Å². The van der Waals surface area contributed by atoms with E-state index < -0.39 is 10.0 Å². The third kappa shape index (κ3) is 4.09. The number of hydrogen-bond donors (Lipinski definition) is 2. The number of hydrogen-bond acceptors (Lipinski definition) is 4. The van der Waals surface area contributed by atoms with Gasteiger partial charge in [-0.3, -0.25) is 14.2 Å². The second-order valence-electron chi connectivity index (χ2n) is 5.82. The fourth-order valence-electron chi connectivity index (χ4n) is 2.29. The quantitative estimate of drug-likeness (QED) is 0.722. The number of aryl methyl sites for hydroxylation is 2. The van der Waals surface area contributed by atoms with E-state index in [1.807, 2.05) is 19.1 Å². The molecule has 0 saturated heterocycles. The molecule has 8 heteroatoms. The van der Waals surface area contributed by atoms with Crippen molar-refractivity contribution in [3.63, 3.8) is 0 Å². The molecule has 0 bridgehead atoms. The zero-order valence-corrected chi connectivity index (χ0v) is 15.1. The fourth-order valence-corrected chi connectivity index (χ4v) is 3.35. The molecule has 134 valence electrons. The summed E-state index contributed by atoms with van der Waals surface area (Å²) >= 11 is 0. The summed E-state index contributed by atoms with van der Waals surface area (Å²) in [7, 11) is -1.98. The molecule has 7 nitrogen and oxygen atoms in total. The maximum atomic E-state index is 12.4. The summed E-state index contributed by atoms with van der Waals surface area (Å²) in [6, 6.07) is 14.4. The van der Waals surface area contributed by atoms with Crippen molar-refractivity contribution in [2.75, 3.05) is 10.0 Å². The number of nitrogens with zero attached hydrogens (tertiary/aromatic N) is 2. The van der Waals surface area contributed by atoms with E-state index in [-0.39, 0.29) is 10.8 Å². The van der Waals surface area contributed by atoms with Crippen LogP contribution in [-0.4, -0.2) is 24.1 Å². The van der Waals surface area contributed by atoms with Gasteiger partial charge in [0.05, 0.1) is 4.90 Å². The van der Waals surface area contributed by atoms with Crippen molar-refractivity contribution in [3.05, 3.63) is 71.9 Å². The zero-order chi connectivity index (χ0) is 18.7. The summed E-state index contributed by atoms with van der Waals surface area (Å²) in [5, 5.41) is 6.71. The van der Waals surface area contributed by atoms with Gasteiger partial charge >= 0.3 is 0 Å². The van der Waals surface area contributed by atoms with Crippen LogP contribution in [0.2, 0.25) is 0 Å². The lowest BCUT2D eigenvalue weighted by Gasteiger charge is -2.09. The Balaban J connectivity index is 1.73. The van der Waals surface area contributed by atoms with Gasteiger partial charge in [0, 0.05) is 30.6 Å². The van der Waals surface area contributed by atoms with Crippen LogP contribution < -0.4 is 10.0 Å². The molecule has 0 aliphatic carbocycles. The van der Waals surface area contributed by atoms with Crippen molar-refractivity contribution < 1.29 is 13.2 Å². The number of carbonyl (C=O) groups excluding carboxylic acids is 1. The van der Waals surface area contributed by atoms with E-state index in [0.29, 0.717) is 17.1 Å². The predicted molar refractivity (Wildman–Crippen MR) is 99.6 cm³/mol. The van der Waals surface area contributed by atoms with E-state index in [2.05, 4.69) is 15.1 Å².